The predicted octanol–water partition coefficient (Wildman–Crippen LogP) is 2.30. The van der Waals surface area contributed by atoms with Gasteiger partial charge in [0.1, 0.15) is 23.6 Å². The van der Waals surface area contributed by atoms with Crippen molar-refractivity contribution in [1.29, 1.82) is 5.26 Å². The third-order valence-corrected chi connectivity index (χ3v) is 3.89. The quantitative estimate of drug-likeness (QED) is 0.922. The average Bonchev–Trinajstić information content (AvgIpc) is 3.18. The van der Waals surface area contributed by atoms with Gasteiger partial charge in [-0.2, -0.15) is 5.26 Å². The number of aromatic nitrogens is 1. The molecule has 22 heavy (non-hydrogen) atoms. The predicted molar refractivity (Wildman–Crippen MR) is 73.1 cm³/mol. The molecule has 1 fully saturated rings. The summed E-state index contributed by atoms with van der Waals surface area (Å²) in [4.78, 5) is 23.4. The summed E-state index contributed by atoms with van der Waals surface area (Å²) in [5.41, 5.74) is -1.41. The van der Waals surface area contributed by atoms with Crippen molar-refractivity contribution in [3.05, 3.63) is 45.0 Å². The molecule has 112 valence electrons. The van der Waals surface area contributed by atoms with Crippen LogP contribution >= 0.6 is 0 Å². The number of alkyl halides is 1. The third-order valence-electron chi connectivity index (χ3n) is 3.89. The molecular formula is C15H10F2N2O3. The van der Waals surface area contributed by atoms with Gasteiger partial charge in [0.05, 0.1) is 22.5 Å². The lowest BCUT2D eigenvalue weighted by Gasteiger charge is -2.14. The number of aromatic carboxylic acids is 1. The molecule has 2 aromatic rings. The first-order chi connectivity index (χ1) is 10.4. The molecule has 0 spiro atoms. The van der Waals surface area contributed by atoms with Crippen LogP contribution in [-0.4, -0.2) is 21.8 Å². The molecule has 2 atom stereocenters. The van der Waals surface area contributed by atoms with Crippen molar-refractivity contribution in [1.82, 2.24) is 4.57 Å². The summed E-state index contributed by atoms with van der Waals surface area (Å²) in [7, 11) is 0. The molecule has 1 N–H and O–H groups in total. The van der Waals surface area contributed by atoms with E-state index in [-0.39, 0.29) is 28.5 Å². The van der Waals surface area contributed by atoms with Gasteiger partial charge in [-0.15, -0.1) is 0 Å². The number of nitriles is 1. The monoisotopic (exact) mass is 304 g/mol. The molecule has 1 aromatic carbocycles. The zero-order valence-corrected chi connectivity index (χ0v) is 11.4. The van der Waals surface area contributed by atoms with Crippen LogP contribution in [0.3, 0.4) is 0 Å². The van der Waals surface area contributed by atoms with E-state index in [0.717, 1.165) is 12.3 Å². The van der Waals surface area contributed by atoms with Crippen molar-refractivity contribution < 1.29 is 18.7 Å². The lowest BCUT2D eigenvalue weighted by Crippen LogP contribution is -2.20. The lowest BCUT2D eigenvalue weighted by atomic mass is 10.0. The van der Waals surface area contributed by atoms with Gasteiger partial charge in [0, 0.05) is 18.2 Å². The Kier molecular flexibility index (Phi) is 2.99. The summed E-state index contributed by atoms with van der Waals surface area (Å²) >= 11 is 0. The van der Waals surface area contributed by atoms with Crippen molar-refractivity contribution >= 4 is 16.9 Å². The first-order valence-electron chi connectivity index (χ1n) is 6.52. The van der Waals surface area contributed by atoms with Crippen LogP contribution in [0.5, 0.6) is 0 Å². The first kappa shape index (κ1) is 14.2. The summed E-state index contributed by atoms with van der Waals surface area (Å²) < 4.78 is 28.6. The molecular weight excluding hydrogens is 294 g/mol. The minimum Gasteiger partial charge on any atom is -0.477 e. The fraction of sp³-hybridized carbons (Fsp3) is 0.267. The van der Waals surface area contributed by atoms with Crippen LogP contribution in [0.4, 0.5) is 8.78 Å². The molecule has 0 aliphatic heterocycles. The van der Waals surface area contributed by atoms with E-state index in [0.29, 0.717) is 0 Å². The number of fused-ring (bicyclic) bond motifs is 1. The van der Waals surface area contributed by atoms with Crippen molar-refractivity contribution in [3.63, 3.8) is 0 Å². The summed E-state index contributed by atoms with van der Waals surface area (Å²) in [6.45, 7) is 1.38. The first-order valence-corrected chi connectivity index (χ1v) is 6.52. The summed E-state index contributed by atoms with van der Waals surface area (Å²) in [5.74, 6) is -2.25. The number of carboxylic acids is 1. The Labute approximate surface area is 123 Å². The molecule has 1 heterocycles. The van der Waals surface area contributed by atoms with Gasteiger partial charge < -0.3 is 9.67 Å². The number of carbonyl (C=O) groups is 1. The maximum absolute atomic E-state index is 13.9. The molecule has 0 saturated heterocycles. The zero-order valence-electron chi connectivity index (χ0n) is 11.4. The standard InChI is InChI=1S/C15H10F2N2O3/c1-6-8(4-18)13-7(2-10(6)16)14(20)9(15(21)22)5-19(13)12-3-11(12)17/h2,5,11-12H,3H2,1H3,(H,21,22)/t11-,12+/m0/s1. The second kappa shape index (κ2) is 4.63. The van der Waals surface area contributed by atoms with Gasteiger partial charge in [0.25, 0.3) is 0 Å². The van der Waals surface area contributed by atoms with E-state index in [1.807, 2.05) is 6.07 Å². The minimum absolute atomic E-state index is 0.0438. The Balaban J connectivity index is 2.54. The van der Waals surface area contributed by atoms with E-state index in [2.05, 4.69) is 0 Å². The molecule has 5 nitrogen and oxygen atoms in total. The van der Waals surface area contributed by atoms with E-state index < -0.39 is 35.0 Å². The Morgan fingerprint density at radius 3 is 2.68 bits per heavy atom. The molecule has 0 amide bonds. The van der Waals surface area contributed by atoms with Gasteiger partial charge in [-0.1, -0.05) is 0 Å². The van der Waals surface area contributed by atoms with Gasteiger partial charge in [-0.05, 0) is 13.0 Å². The van der Waals surface area contributed by atoms with E-state index in [1.165, 1.54) is 11.5 Å². The molecule has 1 aromatic heterocycles. The number of hydrogen-bond acceptors (Lipinski definition) is 3. The van der Waals surface area contributed by atoms with Crippen LogP contribution in [0.2, 0.25) is 0 Å². The van der Waals surface area contributed by atoms with Gasteiger partial charge in [-0.25, -0.2) is 13.6 Å². The summed E-state index contributed by atoms with van der Waals surface area (Å²) in [6.07, 6.45) is 0.0255. The van der Waals surface area contributed by atoms with Gasteiger partial charge in [-0.3, -0.25) is 4.79 Å². The zero-order chi connectivity index (χ0) is 16.2. The Hall–Kier alpha value is -2.75. The summed E-state index contributed by atoms with van der Waals surface area (Å²) in [5, 5.41) is 18.1. The molecule has 1 aliphatic rings. The molecule has 3 rings (SSSR count). The largest absolute Gasteiger partial charge is 0.477 e. The molecule has 0 radical (unpaired) electrons. The van der Waals surface area contributed by atoms with Crippen molar-refractivity contribution in [2.45, 2.75) is 25.6 Å². The van der Waals surface area contributed by atoms with Crippen LogP contribution in [0, 0.1) is 24.1 Å². The van der Waals surface area contributed by atoms with Crippen molar-refractivity contribution in [2.24, 2.45) is 0 Å². The SMILES string of the molecule is Cc1c(F)cc2c(=O)c(C(=O)O)cn([C@@H]3C[C@@H]3F)c2c1C#N. The fourth-order valence-electron chi connectivity index (χ4n) is 2.57. The number of benzene rings is 1. The second-order valence-electron chi connectivity index (χ2n) is 5.27. The molecule has 1 aliphatic carbocycles. The van der Waals surface area contributed by atoms with E-state index in [9.17, 15) is 23.6 Å². The highest BCUT2D eigenvalue weighted by molar-refractivity contribution is 5.94. The molecule has 7 heteroatoms. The van der Waals surface area contributed by atoms with Crippen LogP contribution in [0.15, 0.2) is 17.1 Å². The Morgan fingerprint density at radius 1 is 1.55 bits per heavy atom. The Morgan fingerprint density at radius 2 is 2.18 bits per heavy atom. The highest BCUT2D eigenvalue weighted by Crippen LogP contribution is 2.41. The number of pyridine rings is 1. The smallest absolute Gasteiger partial charge is 0.341 e. The summed E-state index contributed by atoms with van der Waals surface area (Å²) in [6, 6.07) is 2.09. The van der Waals surface area contributed by atoms with Crippen LogP contribution < -0.4 is 5.43 Å². The normalized spacial score (nSPS) is 19.9. The van der Waals surface area contributed by atoms with E-state index in [4.69, 9.17) is 5.11 Å². The highest BCUT2D eigenvalue weighted by atomic mass is 19.1. The maximum Gasteiger partial charge on any atom is 0.341 e. The van der Waals surface area contributed by atoms with Gasteiger partial charge in [0.15, 0.2) is 0 Å². The number of rotatable bonds is 2. The van der Waals surface area contributed by atoms with Gasteiger partial charge >= 0.3 is 5.97 Å². The number of halogens is 2. The topological polar surface area (TPSA) is 83.1 Å². The van der Waals surface area contributed by atoms with Crippen LogP contribution in [0.25, 0.3) is 10.9 Å². The Bertz CT molecular complexity index is 927. The molecule has 1 saturated carbocycles. The molecule has 0 unspecified atom stereocenters. The van der Waals surface area contributed by atoms with Gasteiger partial charge in [0.2, 0.25) is 5.43 Å². The van der Waals surface area contributed by atoms with Crippen LogP contribution in [-0.2, 0) is 0 Å². The van der Waals surface area contributed by atoms with Crippen molar-refractivity contribution in [3.8, 4) is 6.07 Å². The average molecular weight is 304 g/mol. The molecule has 0 bridgehead atoms. The fourth-order valence-corrected chi connectivity index (χ4v) is 2.57. The maximum atomic E-state index is 13.9. The number of carboxylic acid groups (broad SMARTS) is 1. The number of hydrogen-bond donors (Lipinski definition) is 1. The minimum atomic E-state index is -1.48. The lowest BCUT2D eigenvalue weighted by molar-refractivity contribution is 0.0694. The second-order valence-corrected chi connectivity index (χ2v) is 5.27. The highest BCUT2D eigenvalue weighted by Gasteiger charge is 2.40. The van der Waals surface area contributed by atoms with E-state index in [1.54, 1.807) is 0 Å². The number of nitrogens with zero attached hydrogens (tertiary/aromatic N) is 2. The van der Waals surface area contributed by atoms with Crippen LogP contribution in [0.1, 0.15) is 33.9 Å². The van der Waals surface area contributed by atoms with E-state index >= 15 is 0 Å². The third kappa shape index (κ3) is 1.88. The van der Waals surface area contributed by atoms with Crippen molar-refractivity contribution in [2.75, 3.05) is 0 Å².